The third-order valence-electron chi connectivity index (χ3n) is 3.20. The highest BCUT2D eigenvalue weighted by molar-refractivity contribution is 9.10. The summed E-state index contributed by atoms with van der Waals surface area (Å²) < 4.78 is 6.61. The molecule has 1 aliphatic heterocycles. The van der Waals surface area contributed by atoms with Gasteiger partial charge in [0.2, 0.25) is 0 Å². The van der Waals surface area contributed by atoms with E-state index in [1.807, 2.05) is 29.2 Å². The maximum Gasteiger partial charge on any atom is 0.322 e. The van der Waals surface area contributed by atoms with Gasteiger partial charge in [-0.2, -0.15) is 0 Å². The predicted octanol–water partition coefficient (Wildman–Crippen LogP) is 3.34. The first-order chi connectivity index (χ1) is 9.06. The van der Waals surface area contributed by atoms with E-state index in [9.17, 15) is 4.79 Å². The van der Waals surface area contributed by atoms with Crippen LogP contribution in [0, 0.1) is 5.92 Å². The first-order valence-corrected chi connectivity index (χ1v) is 7.28. The topological polar surface area (TPSA) is 41.6 Å². The van der Waals surface area contributed by atoms with E-state index in [2.05, 4.69) is 35.1 Å². The predicted molar refractivity (Wildman–Crippen MR) is 79.3 cm³/mol. The number of carbonyl (C=O) groups excluding carboxylic acids is 1. The number of nitrogens with zero attached hydrogens (tertiary/aromatic N) is 1. The molecule has 0 bridgehead atoms. The first-order valence-electron chi connectivity index (χ1n) is 6.49. The molecule has 4 nitrogen and oxygen atoms in total. The molecule has 1 aliphatic rings. The Morgan fingerprint density at radius 3 is 3.00 bits per heavy atom. The summed E-state index contributed by atoms with van der Waals surface area (Å²) in [6.45, 7) is 6.12. The molecule has 1 heterocycles. The molecule has 0 aliphatic carbocycles. The number of benzene rings is 1. The van der Waals surface area contributed by atoms with Crippen LogP contribution >= 0.6 is 15.9 Å². The highest BCUT2D eigenvalue weighted by atomic mass is 79.9. The van der Waals surface area contributed by atoms with E-state index in [1.165, 1.54) is 0 Å². The van der Waals surface area contributed by atoms with Gasteiger partial charge in [-0.3, -0.25) is 0 Å². The van der Waals surface area contributed by atoms with E-state index in [4.69, 9.17) is 4.74 Å². The largest absolute Gasteiger partial charge is 0.374 e. The number of anilines is 1. The van der Waals surface area contributed by atoms with Crippen LogP contribution in [0.5, 0.6) is 0 Å². The van der Waals surface area contributed by atoms with Crippen LogP contribution in [-0.4, -0.2) is 36.7 Å². The van der Waals surface area contributed by atoms with Gasteiger partial charge in [0.1, 0.15) is 0 Å². The fraction of sp³-hybridized carbons (Fsp3) is 0.500. The molecule has 1 saturated heterocycles. The average molecular weight is 327 g/mol. The molecule has 19 heavy (non-hydrogen) atoms. The third kappa shape index (κ3) is 3.94. The lowest BCUT2D eigenvalue weighted by Crippen LogP contribution is -2.48. The molecule has 2 amide bonds. The number of rotatable bonds is 2. The van der Waals surface area contributed by atoms with Gasteiger partial charge in [-0.05, 0) is 24.1 Å². The Morgan fingerprint density at radius 2 is 2.32 bits per heavy atom. The van der Waals surface area contributed by atoms with Crippen molar-refractivity contribution in [2.75, 3.05) is 25.0 Å². The fourth-order valence-corrected chi connectivity index (χ4v) is 2.43. The molecule has 0 radical (unpaired) electrons. The van der Waals surface area contributed by atoms with Crippen LogP contribution in [0.2, 0.25) is 0 Å². The van der Waals surface area contributed by atoms with E-state index in [0.717, 1.165) is 10.2 Å². The summed E-state index contributed by atoms with van der Waals surface area (Å²) in [5.74, 6) is 0.418. The molecular formula is C14H19BrN2O2. The van der Waals surface area contributed by atoms with Gasteiger partial charge in [0.05, 0.1) is 12.7 Å². The maximum atomic E-state index is 12.2. The fourth-order valence-electron chi connectivity index (χ4n) is 2.03. The van der Waals surface area contributed by atoms with Crippen molar-refractivity contribution < 1.29 is 9.53 Å². The van der Waals surface area contributed by atoms with Crippen LogP contribution in [0.25, 0.3) is 0 Å². The molecule has 1 atom stereocenters. The van der Waals surface area contributed by atoms with Gasteiger partial charge in [0.15, 0.2) is 0 Å². The van der Waals surface area contributed by atoms with E-state index >= 15 is 0 Å². The zero-order valence-corrected chi connectivity index (χ0v) is 12.8. The van der Waals surface area contributed by atoms with E-state index in [-0.39, 0.29) is 12.1 Å². The Morgan fingerprint density at radius 1 is 1.53 bits per heavy atom. The van der Waals surface area contributed by atoms with Crippen molar-refractivity contribution in [3.63, 3.8) is 0 Å². The molecule has 5 heteroatoms. The minimum atomic E-state index is -0.0629. The lowest BCUT2D eigenvalue weighted by atomic mass is 10.1. The number of amides is 2. The van der Waals surface area contributed by atoms with E-state index in [1.54, 1.807) is 0 Å². The zero-order valence-electron chi connectivity index (χ0n) is 11.2. The Hall–Kier alpha value is -1.07. The Kier molecular flexibility index (Phi) is 4.82. The van der Waals surface area contributed by atoms with Crippen LogP contribution < -0.4 is 5.32 Å². The van der Waals surface area contributed by atoms with Gasteiger partial charge in [0.25, 0.3) is 0 Å². The first kappa shape index (κ1) is 14.3. The lowest BCUT2D eigenvalue weighted by molar-refractivity contribution is -0.0354. The van der Waals surface area contributed by atoms with Crippen LogP contribution in [0.4, 0.5) is 10.5 Å². The highest BCUT2D eigenvalue weighted by Crippen LogP contribution is 2.18. The number of morpholine rings is 1. The summed E-state index contributed by atoms with van der Waals surface area (Å²) >= 11 is 3.39. The second kappa shape index (κ2) is 6.39. The number of hydrogen-bond acceptors (Lipinski definition) is 2. The van der Waals surface area contributed by atoms with Gasteiger partial charge < -0.3 is 15.0 Å². The lowest BCUT2D eigenvalue weighted by Gasteiger charge is -2.34. The number of urea groups is 1. The summed E-state index contributed by atoms with van der Waals surface area (Å²) in [5.41, 5.74) is 0.798. The molecule has 0 aromatic heterocycles. The van der Waals surface area contributed by atoms with Gasteiger partial charge in [0, 0.05) is 23.2 Å². The molecular weight excluding hydrogens is 308 g/mol. The highest BCUT2D eigenvalue weighted by Gasteiger charge is 2.26. The molecule has 1 N–H and O–H groups in total. The number of carbonyl (C=O) groups is 1. The molecule has 104 valence electrons. The Bertz CT molecular complexity index is 451. The van der Waals surface area contributed by atoms with Gasteiger partial charge in [-0.1, -0.05) is 35.8 Å². The van der Waals surface area contributed by atoms with Gasteiger partial charge >= 0.3 is 6.03 Å². The summed E-state index contributed by atoms with van der Waals surface area (Å²) in [4.78, 5) is 14.0. The molecule has 1 aromatic carbocycles. The normalized spacial score (nSPS) is 19.6. The average Bonchev–Trinajstić information content (AvgIpc) is 2.39. The summed E-state index contributed by atoms with van der Waals surface area (Å²) in [6, 6.07) is 7.53. The smallest absolute Gasteiger partial charge is 0.322 e. The monoisotopic (exact) mass is 326 g/mol. The molecule has 1 aromatic rings. The molecule has 0 spiro atoms. The second-order valence-corrected chi connectivity index (χ2v) is 5.96. The van der Waals surface area contributed by atoms with Crippen LogP contribution in [0.3, 0.4) is 0 Å². The van der Waals surface area contributed by atoms with Crippen LogP contribution in [-0.2, 0) is 4.74 Å². The Balaban J connectivity index is 1.96. The summed E-state index contributed by atoms with van der Waals surface area (Å²) in [7, 11) is 0. The number of halogens is 1. The van der Waals surface area contributed by atoms with Crippen molar-refractivity contribution in [1.29, 1.82) is 0 Å². The van der Waals surface area contributed by atoms with Crippen molar-refractivity contribution in [2.24, 2.45) is 5.92 Å². The zero-order chi connectivity index (χ0) is 13.8. The Labute approximate surface area is 122 Å². The standard InChI is InChI=1S/C14H19BrN2O2/c1-10(2)13-9-17(6-7-19-13)14(18)16-12-5-3-4-11(15)8-12/h3-5,8,10,13H,6-7,9H2,1-2H3,(H,16,18)/t13-/m1/s1. The molecule has 2 rings (SSSR count). The van der Waals surface area contributed by atoms with Crippen molar-refractivity contribution in [2.45, 2.75) is 20.0 Å². The quantitative estimate of drug-likeness (QED) is 0.905. The second-order valence-electron chi connectivity index (χ2n) is 5.04. The van der Waals surface area contributed by atoms with Crippen molar-refractivity contribution in [3.8, 4) is 0 Å². The molecule has 1 fully saturated rings. The van der Waals surface area contributed by atoms with Crippen molar-refractivity contribution in [1.82, 2.24) is 4.90 Å². The van der Waals surface area contributed by atoms with Gasteiger partial charge in [-0.25, -0.2) is 4.79 Å². The van der Waals surface area contributed by atoms with Crippen molar-refractivity contribution >= 4 is 27.6 Å². The number of nitrogens with one attached hydrogen (secondary N) is 1. The number of hydrogen-bond donors (Lipinski definition) is 1. The van der Waals surface area contributed by atoms with Crippen LogP contribution in [0.1, 0.15) is 13.8 Å². The minimum absolute atomic E-state index is 0.0629. The SMILES string of the molecule is CC(C)[C@H]1CN(C(=O)Nc2cccc(Br)c2)CCO1. The minimum Gasteiger partial charge on any atom is -0.374 e. The van der Waals surface area contributed by atoms with Crippen molar-refractivity contribution in [3.05, 3.63) is 28.7 Å². The van der Waals surface area contributed by atoms with E-state index in [0.29, 0.717) is 25.6 Å². The number of ether oxygens (including phenoxy) is 1. The summed E-state index contributed by atoms with van der Waals surface area (Å²) in [6.07, 6.45) is 0.127. The third-order valence-corrected chi connectivity index (χ3v) is 3.69. The maximum absolute atomic E-state index is 12.2. The van der Waals surface area contributed by atoms with Gasteiger partial charge in [-0.15, -0.1) is 0 Å². The molecule has 0 saturated carbocycles. The van der Waals surface area contributed by atoms with Crippen LogP contribution in [0.15, 0.2) is 28.7 Å². The molecule has 0 unspecified atom stereocenters. The summed E-state index contributed by atoms with van der Waals surface area (Å²) in [5, 5.41) is 2.91. The van der Waals surface area contributed by atoms with E-state index < -0.39 is 0 Å².